The number of hydroxylamine groups is 1. The SMILES string of the molecule is COc1ccc(CN2CCCCCC2C(=O)NO)cc1.COc1ccc(CN2CCCCCC2C(=O)O)cc1.COc1ccc(CN2CCCCCC2CO)cc1.OCC1CCCCCN1. The van der Waals surface area contributed by atoms with Crippen molar-refractivity contribution in [2.75, 3.05) is 60.7 Å². The average molecular weight is 920 g/mol. The summed E-state index contributed by atoms with van der Waals surface area (Å²) in [5.74, 6) is 1.55. The zero-order chi connectivity index (χ0) is 47.4. The number of methoxy groups -OCH3 is 3. The third-order valence-electron chi connectivity index (χ3n) is 13.2. The lowest BCUT2D eigenvalue weighted by molar-refractivity contribution is -0.143. The Hall–Kier alpha value is -4.28. The van der Waals surface area contributed by atoms with Crippen LogP contribution in [-0.2, 0) is 29.2 Å². The van der Waals surface area contributed by atoms with E-state index >= 15 is 0 Å². The molecule has 4 saturated heterocycles. The molecule has 0 radical (unpaired) electrons. The van der Waals surface area contributed by atoms with E-state index in [0.717, 1.165) is 125 Å². The number of ether oxygens (including phenoxy) is 3. The zero-order valence-corrected chi connectivity index (χ0v) is 40.1. The predicted molar refractivity (Wildman–Crippen MR) is 259 cm³/mol. The standard InChI is InChI=1S/C15H22N2O3.C15H21NO3.C15H23NO2.C7H15NO/c1-20-13-8-6-12(7-9-13)11-17-10-4-2-3-5-14(17)15(18)16-19;1-19-13-8-6-12(7-9-13)11-16-10-4-2-3-5-14(16)15(17)18;1-18-15-8-6-13(7-9-15)11-16-10-4-2-3-5-14(16)12-17;9-6-7-4-2-1-3-5-8-7/h6-9,14,19H,2-5,10-11H2,1H3,(H,16,18);6-9,14H,2-5,10-11H2,1H3,(H,17,18);6-9,14,17H,2-5,10-12H2,1H3;7-9H,1-6H2. The van der Waals surface area contributed by atoms with Crippen LogP contribution in [0.15, 0.2) is 72.8 Å². The quantitative estimate of drug-likeness (QED) is 0.0739. The molecular weight excluding hydrogens is 839 g/mol. The fraction of sp³-hybridized carbons (Fsp3) is 0.615. The number of likely N-dealkylation sites (tertiary alicyclic amines) is 3. The van der Waals surface area contributed by atoms with Crippen molar-refractivity contribution in [1.82, 2.24) is 25.5 Å². The van der Waals surface area contributed by atoms with Gasteiger partial charge in [-0.05, 0) is 131 Å². The summed E-state index contributed by atoms with van der Waals surface area (Å²) in [6.07, 6.45) is 17.9. The Kier molecular flexibility index (Phi) is 26.1. The maximum Gasteiger partial charge on any atom is 0.320 e. The number of carboxylic acid groups (broad SMARTS) is 1. The lowest BCUT2D eigenvalue weighted by Crippen LogP contribution is -2.45. The fourth-order valence-electron chi connectivity index (χ4n) is 9.17. The topological polar surface area (TPSA) is 177 Å². The molecule has 0 spiro atoms. The number of nitrogens with one attached hydrogen (secondary N) is 2. The van der Waals surface area contributed by atoms with E-state index < -0.39 is 5.97 Å². The largest absolute Gasteiger partial charge is 0.497 e. The first-order valence-corrected chi connectivity index (χ1v) is 24.4. The molecule has 66 heavy (non-hydrogen) atoms. The van der Waals surface area contributed by atoms with Crippen LogP contribution in [0, 0.1) is 0 Å². The van der Waals surface area contributed by atoms with Crippen molar-refractivity contribution >= 4 is 11.9 Å². The van der Waals surface area contributed by atoms with Gasteiger partial charge in [0.1, 0.15) is 23.3 Å². The Morgan fingerprint density at radius 3 is 1.39 bits per heavy atom. The molecule has 0 saturated carbocycles. The second-order valence-corrected chi connectivity index (χ2v) is 17.9. The number of carbonyl (C=O) groups is 2. The highest BCUT2D eigenvalue weighted by Crippen LogP contribution is 2.24. The Bertz CT molecular complexity index is 1740. The van der Waals surface area contributed by atoms with Gasteiger partial charge >= 0.3 is 5.97 Å². The lowest BCUT2D eigenvalue weighted by atomic mass is 10.1. The average Bonchev–Trinajstić information content (AvgIpc) is 3.95. The molecule has 14 nitrogen and oxygen atoms in total. The van der Waals surface area contributed by atoms with Gasteiger partial charge in [-0.1, -0.05) is 87.8 Å². The number of nitrogens with zero attached hydrogens (tertiary/aromatic N) is 3. The summed E-state index contributed by atoms with van der Waals surface area (Å²) in [6, 6.07) is 24.1. The van der Waals surface area contributed by atoms with Crippen LogP contribution in [0.1, 0.15) is 119 Å². The number of benzene rings is 3. The van der Waals surface area contributed by atoms with Crippen LogP contribution in [0.2, 0.25) is 0 Å². The number of aliphatic carboxylic acids is 1. The van der Waals surface area contributed by atoms with Gasteiger partial charge in [-0.15, -0.1) is 0 Å². The van der Waals surface area contributed by atoms with E-state index in [-0.39, 0.29) is 24.6 Å². The van der Waals surface area contributed by atoms with Crippen LogP contribution in [0.4, 0.5) is 0 Å². The van der Waals surface area contributed by atoms with E-state index in [1.165, 1.54) is 44.1 Å². The number of aliphatic hydroxyl groups excluding tert-OH is 2. The van der Waals surface area contributed by atoms with Gasteiger partial charge < -0.3 is 34.8 Å². The van der Waals surface area contributed by atoms with Crippen LogP contribution in [0.5, 0.6) is 17.2 Å². The summed E-state index contributed by atoms with van der Waals surface area (Å²) in [5.41, 5.74) is 5.36. The molecule has 1 amide bonds. The molecule has 368 valence electrons. The number of hydrogen-bond acceptors (Lipinski definition) is 12. The Balaban J connectivity index is 0.000000198. The van der Waals surface area contributed by atoms with E-state index in [2.05, 4.69) is 32.1 Å². The molecule has 3 aromatic rings. The van der Waals surface area contributed by atoms with E-state index in [0.29, 0.717) is 31.8 Å². The minimum absolute atomic E-state index is 0.246. The van der Waals surface area contributed by atoms with Gasteiger partial charge in [-0.2, -0.15) is 0 Å². The molecule has 4 aliphatic heterocycles. The second-order valence-electron chi connectivity index (χ2n) is 17.9. The van der Waals surface area contributed by atoms with Crippen molar-refractivity contribution in [1.29, 1.82) is 0 Å². The highest BCUT2D eigenvalue weighted by molar-refractivity contribution is 5.80. The molecule has 4 unspecified atom stereocenters. The van der Waals surface area contributed by atoms with Crippen LogP contribution >= 0.6 is 0 Å². The lowest BCUT2D eigenvalue weighted by Gasteiger charge is -2.28. The minimum Gasteiger partial charge on any atom is -0.497 e. The summed E-state index contributed by atoms with van der Waals surface area (Å²) >= 11 is 0. The number of rotatable bonds is 13. The van der Waals surface area contributed by atoms with Gasteiger partial charge in [0.05, 0.1) is 40.6 Å². The highest BCUT2D eigenvalue weighted by atomic mass is 16.5. The van der Waals surface area contributed by atoms with Crippen molar-refractivity contribution < 1.29 is 44.3 Å². The van der Waals surface area contributed by atoms with E-state index in [1.54, 1.807) is 26.8 Å². The normalized spacial score (nSPS) is 22.0. The van der Waals surface area contributed by atoms with Gasteiger partial charge in [-0.3, -0.25) is 29.5 Å². The smallest absolute Gasteiger partial charge is 0.320 e. The van der Waals surface area contributed by atoms with Gasteiger partial charge in [0, 0.05) is 31.7 Å². The van der Waals surface area contributed by atoms with Crippen molar-refractivity contribution in [3.8, 4) is 17.2 Å². The third-order valence-corrected chi connectivity index (χ3v) is 13.2. The van der Waals surface area contributed by atoms with Crippen LogP contribution in [0.25, 0.3) is 0 Å². The van der Waals surface area contributed by atoms with E-state index in [4.69, 9.17) is 24.5 Å². The van der Waals surface area contributed by atoms with Gasteiger partial charge in [-0.25, -0.2) is 5.48 Å². The second kappa shape index (κ2) is 31.6. The molecule has 0 bridgehead atoms. The first kappa shape index (κ1) is 54.3. The molecule has 6 N–H and O–H groups in total. The van der Waals surface area contributed by atoms with Crippen molar-refractivity contribution in [2.24, 2.45) is 0 Å². The Morgan fingerprint density at radius 1 is 0.545 bits per heavy atom. The van der Waals surface area contributed by atoms with Gasteiger partial charge in [0.15, 0.2) is 0 Å². The van der Waals surface area contributed by atoms with Gasteiger partial charge in [0.25, 0.3) is 5.91 Å². The van der Waals surface area contributed by atoms with Crippen LogP contribution in [0.3, 0.4) is 0 Å². The monoisotopic (exact) mass is 920 g/mol. The van der Waals surface area contributed by atoms with E-state index in [9.17, 15) is 19.8 Å². The van der Waals surface area contributed by atoms with E-state index in [1.807, 2.05) is 60.7 Å². The summed E-state index contributed by atoms with van der Waals surface area (Å²) in [6.45, 7) is 6.84. The summed E-state index contributed by atoms with van der Waals surface area (Å²) in [5, 5.41) is 39.7. The fourth-order valence-corrected chi connectivity index (χ4v) is 9.17. The summed E-state index contributed by atoms with van der Waals surface area (Å²) in [4.78, 5) is 29.8. The summed E-state index contributed by atoms with van der Waals surface area (Å²) in [7, 11) is 4.97. The van der Waals surface area contributed by atoms with Crippen molar-refractivity contribution in [2.45, 2.75) is 147 Å². The highest BCUT2D eigenvalue weighted by Gasteiger charge is 2.28. The number of hydrogen-bond donors (Lipinski definition) is 6. The predicted octanol–water partition coefficient (Wildman–Crippen LogP) is 7.41. The Labute approximate surface area is 394 Å². The molecule has 14 heteroatoms. The maximum absolute atomic E-state index is 11.8. The first-order valence-electron chi connectivity index (χ1n) is 24.4. The number of carboxylic acids is 1. The third kappa shape index (κ3) is 19.5. The molecule has 4 heterocycles. The molecule has 0 aromatic heterocycles. The minimum atomic E-state index is -0.699. The summed E-state index contributed by atoms with van der Waals surface area (Å²) < 4.78 is 15.4. The number of aliphatic hydroxyl groups is 2. The van der Waals surface area contributed by atoms with Crippen molar-refractivity contribution in [3.63, 3.8) is 0 Å². The Morgan fingerprint density at radius 2 is 0.955 bits per heavy atom. The van der Waals surface area contributed by atoms with Crippen molar-refractivity contribution in [3.05, 3.63) is 89.5 Å². The number of amides is 1. The molecule has 4 atom stereocenters. The molecule has 4 aliphatic rings. The van der Waals surface area contributed by atoms with Crippen LogP contribution in [-0.4, -0.2) is 132 Å². The van der Waals surface area contributed by atoms with Crippen LogP contribution < -0.4 is 25.0 Å². The van der Waals surface area contributed by atoms with Gasteiger partial charge in [0.2, 0.25) is 0 Å². The molecule has 7 rings (SSSR count). The molecule has 0 aliphatic carbocycles. The zero-order valence-electron chi connectivity index (χ0n) is 40.1. The number of carbonyl (C=O) groups excluding carboxylic acids is 1. The first-order chi connectivity index (χ1) is 32.2. The molecule has 4 fully saturated rings. The molecule has 3 aromatic carbocycles. The maximum atomic E-state index is 11.8. The molecular formula is C52H81N5O9.